The third kappa shape index (κ3) is 4.06. The van der Waals surface area contributed by atoms with Crippen LogP contribution in [0.2, 0.25) is 0 Å². The summed E-state index contributed by atoms with van der Waals surface area (Å²) < 4.78 is 1.85. The van der Waals surface area contributed by atoms with Crippen LogP contribution in [0.3, 0.4) is 0 Å². The van der Waals surface area contributed by atoms with Crippen LogP contribution in [0, 0.1) is 13.8 Å². The van der Waals surface area contributed by atoms with Crippen LogP contribution in [0.15, 0.2) is 16.9 Å². The first kappa shape index (κ1) is 13.5. The van der Waals surface area contributed by atoms with Gasteiger partial charge in [-0.3, -0.25) is 9.59 Å². The predicted octanol–water partition coefficient (Wildman–Crippen LogP) is 1.38. The number of carbonyl (C=O) groups excluding carboxylic acids is 1. The molecule has 1 N–H and O–H groups in total. The summed E-state index contributed by atoms with van der Waals surface area (Å²) >= 11 is 0. The summed E-state index contributed by atoms with van der Waals surface area (Å²) in [6.07, 6.45) is 2.06. The van der Waals surface area contributed by atoms with Crippen molar-refractivity contribution in [3.63, 3.8) is 0 Å². The molecule has 1 heterocycles. The fourth-order valence-electron chi connectivity index (χ4n) is 1.74. The monoisotopic (exact) mass is 236 g/mol. The number of nitrogens with one attached hydrogen (secondary N) is 1. The summed E-state index contributed by atoms with van der Waals surface area (Å²) in [4.78, 5) is 22.9. The van der Waals surface area contributed by atoms with E-state index in [1.807, 2.05) is 18.4 Å². The molecule has 0 saturated heterocycles. The molecule has 1 rings (SSSR count). The van der Waals surface area contributed by atoms with Gasteiger partial charge in [0.25, 0.3) is 0 Å². The van der Waals surface area contributed by atoms with E-state index in [1.165, 1.54) is 0 Å². The van der Waals surface area contributed by atoms with E-state index in [2.05, 4.69) is 12.2 Å². The highest BCUT2D eigenvalue weighted by Gasteiger charge is 2.06. The van der Waals surface area contributed by atoms with E-state index in [1.54, 1.807) is 12.1 Å². The number of pyridine rings is 1. The molecule has 0 atom stereocenters. The van der Waals surface area contributed by atoms with Crippen molar-refractivity contribution in [2.45, 2.75) is 40.2 Å². The van der Waals surface area contributed by atoms with Gasteiger partial charge in [-0.15, -0.1) is 0 Å². The van der Waals surface area contributed by atoms with Crippen molar-refractivity contribution in [3.8, 4) is 0 Å². The van der Waals surface area contributed by atoms with Gasteiger partial charge in [-0.25, -0.2) is 0 Å². The standard InChI is InChI=1S/C13H20N2O2/c1-4-5-6-14-13(17)9-15-10(2)7-12(16)8-11(15)3/h7-8H,4-6,9H2,1-3H3,(H,14,17). The fraction of sp³-hybridized carbons (Fsp3) is 0.538. The zero-order chi connectivity index (χ0) is 12.8. The Morgan fingerprint density at radius 1 is 1.29 bits per heavy atom. The maximum atomic E-state index is 11.7. The van der Waals surface area contributed by atoms with Crippen LogP contribution in [-0.2, 0) is 11.3 Å². The first-order valence-corrected chi connectivity index (χ1v) is 5.99. The van der Waals surface area contributed by atoms with E-state index in [4.69, 9.17) is 0 Å². The van der Waals surface area contributed by atoms with Gasteiger partial charge in [-0.1, -0.05) is 13.3 Å². The number of unbranched alkanes of at least 4 members (excludes halogenated alkanes) is 1. The second-order valence-electron chi connectivity index (χ2n) is 4.26. The highest BCUT2D eigenvalue weighted by Crippen LogP contribution is 2.01. The van der Waals surface area contributed by atoms with Gasteiger partial charge in [0.1, 0.15) is 6.54 Å². The van der Waals surface area contributed by atoms with Crippen LogP contribution >= 0.6 is 0 Å². The zero-order valence-corrected chi connectivity index (χ0v) is 10.7. The summed E-state index contributed by atoms with van der Waals surface area (Å²) in [5, 5.41) is 2.86. The molecule has 17 heavy (non-hydrogen) atoms. The fourth-order valence-corrected chi connectivity index (χ4v) is 1.74. The minimum Gasteiger partial charge on any atom is -0.355 e. The summed E-state index contributed by atoms with van der Waals surface area (Å²) in [7, 11) is 0. The molecule has 1 aromatic heterocycles. The zero-order valence-electron chi connectivity index (χ0n) is 10.7. The molecule has 0 bridgehead atoms. The summed E-state index contributed by atoms with van der Waals surface area (Å²) in [5.41, 5.74) is 1.63. The van der Waals surface area contributed by atoms with Gasteiger partial charge < -0.3 is 9.88 Å². The Labute approximate surface area is 102 Å². The number of hydrogen-bond donors (Lipinski definition) is 1. The van der Waals surface area contributed by atoms with E-state index >= 15 is 0 Å². The first-order valence-electron chi connectivity index (χ1n) is 5.99. The summed E-state index contributed by atoms with van der Waals surface area (Å²) in [5.74, 6) is -0.00620. The second kappa shape index (κ2) is 6.23. The second-order valence-corrected chi connectivity index (χ2v) is 4.26. The average molecular weight is 236 g/mol. The summed E-state index contributed by atoms with van der Waals surface area (Å²) in [6, 6.07) is 3.10. The largest absolute Gasteiger partial charge is 0.355 e. The number of amides is 1. The van der Waals surface area contributed by atoms with Crippen molar-refractivity contribution >= 4 is 5.91 Å². The summed E-state index contributed by atoms with van der Waals surface area (Å²) in [6.45, 7) is 6.76. The number of nitrogens with zero attached hydrogens (tertiary/aromatic N) is 1. The maximum absolute atomic E-state index is 11.7. The Balaban J connectivity index is 2.68. The number of rotatable bonds is 5. The molecular weight excluding hydrogens is 216 g/mol. The molecule has 94 valence electrons. The van der Waals surface area contributed by atoms with Gasteiger partial charge >= 0.3 is 0 Å². The van der Waals surface area contributed by atoms with Crippen LogP contribution in [0.5, 0.6) is 0 Å². The molecule has 0 saturated carbocycles. The molecule has 0 aliphatic rings. The Morgan fingerprint density at radius 3 is 2.41 bits per heavy atom. The molecule has 1 amide bonds. The van der Waals surface area contributed by atoms with Crippen molar-refractivity contribution in [2.75, 3.05) is 6.54 Å². The molecule has 4 heteroatoms. The van der Waals surface area contributed by atoms with E-state index in [0.29, 0.717) is 6.54 Å². The minimum absolute atomic E-state index is 0.00620. The molecular formula is C13H20N2O2. The van der Waals surface area contributed by atoms with Crippen molar-refractivity contribution in [1.82, 2.24) is 9.88 Å². The minimum atomic E-state index is -0.0114. The Bertz CT molecular complexity index is 423. The lowest BCUT2D eigenvalue weighted by molar-refractivity contribution is -0.121. The molecule has 0 aliphatic heterocycles. The molecule has 4 nitrogen and oxygen atoms in total. The molecule has 0 spiro atoms. The van der Waals surface area contributed by atoms with Crippen LogP contribution in [0.1, 0.15) is 31.2 Å². The lowest BCUT2D eigenvalue weighted by atomic mass is 10.3. The highest BCUT2D eigenvalue weighted by atomic mass is 16.2. The van der Waals surface area contributed by atoms with Crippen LogP contribution in [-0.4, -0.2) is 17.0 Å². The van der Waals surface area contributed by atoms with Gasteiger partial charge in [0.05, 0.1) is 0 Å². The Morgan fingerprint density at radius 2 is 1.88 bits per heavy atom. The lowest BCUT2D eigenvalue weighted by Gasteiger charge is -2.13. The number of aromatic nitrogens is 1. The van der Waals surface area contributed by atoms with Gasteiger partial charge in [0, 0.05) is 30.1 Å². The smallest absolute Gasteiger partial charge is 0.239 e. The topological polar surface area (TPSA) is 51.1 Å². The van der Waals surface area contributed by atoms with Gasteiger partial charge in [-0.2, -0.15) is 0 Å². The normalized spacial score (nSPS) is 10.3. The highest BCUT2D eigenvalue weighted by molar-refractivity contribution is 5.75. The van der Waals surface area contributed by atoms with Crippen molar-refractivity contribution in [2.24, 2.45) is 0 Å². The van der Waals surface area contributed by atoms with Gasteiger partial charge in [0.2, 0.25) is 5.91 Å². The van der Waals surface area contributed by atoms with Crippen LogP contribution in [0.4, 0.5) is 0 Å². The number of hydrogen-bond acceptors (Lipinski definition) is 2. The number of carbonyl (C=O) groups is 1. The number of aryl methyl sites for hydroxylation is 2. The lowest BCUT2D eigenvalue weighted by Crippen LogP contribution is -2.30. The van der Waals surface area contributed by atoms with Crippen molar-refractivity contribution in [3.05, 3.63) is 33.7 Å². The predicted molar refractivity (Wildman–Crippen MR) is 68.1 cm³/mol. The molecule has 0 aliphatic carbocycles. The first-order chi connectivity index (χ1) is 8.04. The van der Waals surface area contributed by atoms with Crippen molar-refractivity contribution in [1.29, 1.82) is 0 Å². The van der Waals surface area contributed by atoms with Crippen LogP contribution in [0.25, 0.3) is 0 Å². The van der Waals surface area contributed by atoms with Crippen molar-refractivity contribution < 1.29 is 4.79 Å². The van der Waals surface area contributed by atoms with E-state index in [9.17, 15) is 9.59 Å². The average Bonchev–Trinajstić information content (AvgIpc) is 2.24. The van der Waals surface area contributed by atoms with E-state index < -0.39 is 0 Å². The Kier molecular flexibility index (Phi) is 4.94. The molecule has 0 unspecified atom stereocenters. The molecule has 0 aromatic carbocycles. The Hall–Kier alpha value is -1.58. The molecule has 0 radical (unpaired) electrons. The van der Waals surface area contributed by atoms with Gasteiger partial charge in [-0.05, 0) is 20.3 Å². The van der Waals surface area contributed by atoms with E-state index in [0.717, 1.165) is 24.2 Å². The van der Waals surface area contributed by atoms with Gasteiger partial charge in [0.15, 0.2) is 5.43 Å². The van der Waals surface area contributed by atoms with E-state index in [-0.39, 0.29) is 17.9 Å². The third-order valence-electron chi connectivity index (χ3n) is 2.71. The SMILES string of the molecule is CCCCNC(=O)Cn1c(C)cc(=O)cc1C. The molecule has 0 fully saturated rings. The molecule has 1 aromatic rings. The third-order valence-corrected chi connectivity index (χ3v) is 2.71. The van der Waals surface area contributed by atoms with Crippen LogP contribution < -0.4 is 10.7 Å². The maximum Gasteiger partial charge on any atom is 0.239 e. The quantitative estimate of drug-likeness (QED) is 0.785.